The molecule has 4 nitrogen and oxygen atoms in total. The predicted octanol–water partition coefficient (Wildman–Crippen LogP) is 18.3. The van der Waals surface area contributed by atoms with E-state index in [1.54, 1.807) is 0 Å². The Bertz CT molecular complexity index is 794. The van der Waals surface area contributed by atoms with Gasteiger partial charge in [-0.1, -0.05) is 259 Å². The van der Waals surface area contributed by atoms with E-state index in [9.17, 15) is 9.59 Å². The molecule has 0 aromatic rings. The lowest BCUT2D eigenvalue weighted by Crippen LogP contribution is -2.40. The lowest BCUT2D eigenvalue weighted by Gasteiger charge is -2.27. The number of carbonyl (C=O) groups is 2. The summed E-state index contributed by atoms with van der Waals surface area (Å²) in [6, 6.07) is 0.666. The first kappa shape index (κ1) is 60.3. The molecule has 0 saturated heterocycles. The van der Waals surface area contributed by atoms with Crippen molar-refractivity contribution in [3.8, 4) is 0 Å². The molecule has 0 amide bonds. The lowest BCUT2D eigenvalue weighted by molar-refractivity contribution is -0.119. The number of Topliss-reactive ketones (excluding diaryl/α,β-unsaturated/α-hetero) is 1. The van der Waals surface area contributed by atoms with Gasteiger partial charge in [-0.05, 0) is 51.0 Å². The summed E-state index contributed by atoms with van der Waals surface area (Å²) in [6.45, 7) is 11.5. The summed E-state index contributed by atoms with van der Waals surface area (Å²) in [5.74, 6) is 2.32. The molecule has 59 heavy (non-hydrogen) atoms. The molecule has 1 N–H and O–H groups in total. The zero-order chi connectivity index (χ0) is 43.7. The topological polar surface area (TPSA) is 49.4 Å². The number of nitrogens with zero attached hydrogens (tertiary/aromatic N) is 1. The van der Waals surface area contributed by atoms with Crippen molar-refractivity contribution in [2.45, 2.75) is 317 Å². The van der Waals surface area contributed by atoms with E-state index in [1.807, 2.05) is 0 Å². The van der Waals surface area contributed by atoms with Gasteiger partial charge in [-0.3, -0.25) is 10.2 Å². The first-order chi connectivity index (χ1) is 28.9. The Balaban J connectivity index is 0. The number of hydrazine groups is 1. The van der Waals surface area contributed by atoms with Crippen molar-refractivity contribution in [1.29, 1.82) is 0 Å². The maximum atomic E-state index is 12.5. The Labute approximate surface area is 373 Å². The minimum atomic E-state index is 0.524. The number of carbonyl (C=O) groups excluding carboxylic acids is 2. The van der Waals surface area contributed by atoms with E-state index in [-0.39, 0.29) is 0 Å². The fourth-order valence-electron chi connectivity index (χ4n) is 9.05. The molecule has 0 aromatic carbocycles. The number of unbranched alkanes of at least 4 members (excludes halogenated alkanes) is 26. The van der Waals surface area contributed by atoms with Gasteiger partial charge < -0.3 is 4.79 Å². The molecular weight excluding hydrogens is 721 g/mol. The van der Waals surface area contributed by atoms with Crippen LogP contribution < -0.4 is 5.43 Å². The van der Waals surface area contributed by atoms with Gasteiger partial charge in [0, 0.05) is 32.4 Å². The third kappa shape index (κ3) is 46.6. The SMILES string of the molecule is CCCCCCC(CCCC)CCCCCCCCCCCCC(CCCCCCCCC(=O)CCC(CCCC)CCCC)N(C)NC.CCCCCCCCC=O. The van der Waals surface area contributed by atoms with Crippen LogP contribution in [0.25, 0.3) is 0 Å². The molecular formula is C55H112N2O2. The number of nitrogens with one attached hydrogen (secondary N) is 1. The number of hydrogen-bond acceptors (Lipinski definition) is 4. The van der Waals surface area contributed by atoms with Gasteiger partial charge in [-0.15, -0.1) is 0 Å². The first-order valence-corrected chi connectivity index (χ1v) is 27.3. The molecule has 4 heteroatoms. The summed E-state index contributed by atoms with van der Waals surface area (Å²) in [5.41, 5.74) is 3.40. The van der Waals surface area contributed by atoms with Crippen molar-refractivity contribution in [2.24, 2.45) is 11.8 Å². The van der Waals surface area contributed by atoms with Crippen LogP contribution in [0.15, 0.2) is 0 Å². The number of ketones is 1. The molecule has 0 aliphatic carbocycles. The summed E-state index contributed by atoms with van der Waals surface area (Å²) in [7, 11) is 4.31. The van der Waals surface area contributed by atoms with Crippen LogP contribution in [-0.2, 0) is 9.59 Å². The van der Waals surface area contributed by atoms with Crippen molar-refractivity contribution < 1.29 is 9.59 Å². The van der Waals surface area contributed by atoms with E-state index in [4.69, 9.17) is 0 Å². The molecule has 0 radical (unpaired) electrons. The molecule has 0 spiro atoms. The summed E-state index contributed by atoms with van der Waals surface area (Å²) in [4.78, 5) is 22.4. The smallest absolute Gasteiger partial charge is 0.132 e. The molecule has 0 rings (SSSR count). The third-order valence-electron chi connectivity index (χ3n) is 13.4. The summed E-state index contributed by atoms with van der Waals surface area (Å²) in [6.07, 6.45) is 57.8. The van der Waals surface area contributed by atoms with Crippen LogP contribution in [0, 0.1) is 11.8 Å². The standard InChI is InChI=1S/C46H94N2O.C9H18O/c1-7-11-15-28-36-43(33-12-8-2)37-29-24-20-18-16-17-19-21-25-30-38-45(48(6)47-5)39-31-26-22-23-27-32-40-46(49)42-41-44(34-13-9-3)35-14-10-4;1-2-3-4-5-6-7-8-9-10/h43-45,47H,7-42H2,1-6H3;9H,2-8H2,1H3. The highest BCUT2D eigenvalue weighted by Gasteiger charge is 2.14. The number of rotatable bonds is 48. The third-order valence-corrected chi connectivity index (χ3v) is 13.4. The summed E-state index contributed by atoms with van der Waals surface area (Å²) < 4.78 is 0. The average Bonchev–Trinajstić information content (AvgIpc) is 3.25. The quantitative estimate of drug-likeness (QED) is 0.0377. The molecule has 0 aliphatic heterocycles. The van der Waals surface area contributed by atoms with Crippen LogP contribution in [0.4, 0.5) is 0 Å². The van der Waals surface area contributed by atoms with E-state index < -0.39 is 0 Å². The van der Waals surface area contributed by atoms with Crippen LogP contribution in [0.1, 0.15) is 311 Å². The second kappa shape index (κ2) is 51.6. The van der Waals surface area contributed by atoms with Crippen molar-refractivity contribution in [1.82, 2.24) is 10.4 Å². The molecule has 2 atom stereocenters. The molecule has 0 heterocycles. The Hall–Kier alpha value is -0.740. The monoisotopic (exact) mass is 833 g/mol. The minimum absolute atomic E-state index is 0.524. The van der Waals surface area contributed by atoms with E-state index in [0.717, 1.165) is 56.6 Å². The second-order valence-corrected chi connectivity index (χ2v) is 19.1. The molecule has 0 aromatic heterocycles. The fourth-order valence-corrected chi connectivity index (χ4v) is 9.05. The van der Waals surface area contributed by atoms with Gasteiger partial charge in [0.05, 0.1) is 0 Å². The first-order valence-electron chi connectivity index (χ1n) is 27.3. The zero-order valence-electron chi connectivity index (χ0n) is 42.0. The largest absolute Gasteiger partial charge is 0.303 e. The van der Waals surface area contributed by atoms with Crippen LogP contribution in [-0.4, -0.2) is 37.2 Å². The van der Waals surface area contributed by atoms with Gasteiger partial charge in [0.2, 0.25) is 0 Å². The van der Waals surface area contributed by atoms with E-state index in [1.165, 1.54) is 238 Å². The Kier molecular flexibility index (Phi) is 52.8. The van der Waals surface area contributed by atoms with E-state index in [0.29, 0.717) is 11.8 Å². The highest BCUT2D eigenvalue weighted by molar-refractivity contribution is 5.78. The number of aldehydes is 1. The van der Waals surface area contributed by atoms with Gasteiger partial charge in [0.25, 0.3) is 0 Å². The van der Waals surface area contributed by atoms with Crippen molar-refractivity contribution in [2.75, 3.05) is 14.1 Å². The Morgan fingerprint density at radius 2 is 0.729 bits per heavy atom. The normalized spacial score (nSPS) is 12.6. The molecule has 0 bridgehead atoms. The zero-order valence-corrected chi connectivity index (χ0v) is 42.0. The second-order valence-electron chi connectivity index (χ2n) is 19.1. The van der Waals surface area contributed by atoms with Gasteiger partial charge in [0.1, 0.15) is 12.1 Å². The van der Waals surface area contributed by atoms with Gasteiger partial charge in [-0.2, -0.15) is 0 Å². The van der Waals surface area contributed by atoms with Gasteiger partial charge in [-0.25, -0.2) is 5.01 Å². The lowest BCUT2D eigenvalue weighted by atomic mass is 9.90. The van der Waals surface area contributed by atoms with Crippen molar-refractivity contribution >= 4 is 12.1 Å². The van der Waals surface area contributed by atoms with Crippen LogP contribution in [0.5, 0.6) is 0 Å². The fraction of sp³-hybridized carbons (Fsp3) is 0.964. The van der Waals surface area contributed by atoms with Gasteiger partial charge >= 0.3 is 0 Å². The minimum Gasteiger partial charge on any atom is -0.303 e. The number of hydrogen-bond donors (Lipinski definition) is 1. The van der Waals surface area contributed by atoms with Gasteiger partial charge in [0.15, 0.2) is 0 Å². The molecule has 0 aliphatic rings. The highest BCUT2D eigenvalue weighted by atomic mass is 16.1. The summed E-state index contributed by atoms with van der Waals surface area (Å²) in [5, 5.41) is 2.36. The average molecular weight is 834 g/mol. The highest BCUT2D eigenvalue weighted by Crippen LogP contribution is 2.25. The maximum absolute atomic E-state index is 12.5. The Morgan fingerprint density at radius 1 is 0.407 bits per heavy atom. The van der Waals surface area contributed by atoms with Crippen LogP contribution >= 0.6 is 0 Å². The molecule has 0 saturated carbocycles. The van der Waals surface area contributed by atoms with Crippen LogP contribution in [0.3, 0.4) is 0 Å². The molecule has 2 unspecified atom stereocenters. The molecule has 354 valence electrons. The summed E-state index contributed by atoms with van der Waals surface area (Å²) >= 11 is 0. The predicted molar refractivity (Wildman–Crippen MR) is 266 cm³/mol. The molecule has 0 fully saturated rings. The van der Waals surface area contributed by atoms with E-state index in [2.05, 4.69) is 59.1 Å². The van der Waals surface area contributed by atoms with Crippen LogP contribution in [0.2, 0.25) is 0 Å². The Morgan fingerprint density at radius 3 is 1.14 bits per heavy atom. The maximum Gasteiger partial charge on any atom is 0.132 e. The van der Waals surface area contributed by atoms with Crippen molar-refractivity contribution in [3.05, 3.63) is 0 Å². The van der Waals surface area contributed by atoms with E-state index >= 15 is 0 Å². The van der Waals surface area contributed by atoms with Crippen molar-refractivity contribution in [3.63, 3.8) is 0 Å².